The van der Waals surface area contributed by atoms with Crippen LogP contribution in [0.4, 0.5) is 0 Å². The Balaban J connectivity index is 0.00000208. The van der Waals surface area contributed by atoms with Crippen molar-refractivity contribution < 1.29 is 4.79 Å². The number of piperidine rings is 1. The number of likely N-dealkylation sites (tertiary alicyclic amines) is 1. The molecule has 24 heavy (non-hydrogen) atoms. The van der Waals surface area contributed by atoms with Crippen LogP contribution in [0.5, 0.6) is 0 Å². The van der Waals surface area contributed by atoms with Gasteiger partial charge in [-0.25, -0.2) is 0 Å². The molecule has 130 valence electrons. The van der Waals surface area contributed by atoms with Crippen LogP contribution in [0.25, 0.3) is 0 Å². The Kier molecular flexibility index (Phi) is 6.40. The third-order valence-corrected chi connectivity index (χ3v) is 4.58. The van der Waals surface area contributed by atoms with E-state index in [4.69, 9.17) is 5.73 Å². The average molecular weight is 349 g/mol. The van der Waals surface area contributed by atoms with Gasteiger partial charge < -0.3 is 10.6 Å². The van der Waals surface area contributed by atoms with Crippen molar-refractivity contribution in [3.63, 3.8) is 0 Å². The largest absolute Gasteiger partial charge is 0.334 e. The van der Waals surface area contributed by atoms with E-state index in [2.05, 4.69) is 24.2 Å². The second-order valence-electron chi connectivity index (χ2n) is 6.43. The van der Waals surface area contributed by atoms with Crippen LogP contribution in [-0.4, -0.2) is 39.7 Å². The second kappa shape index (κ2) is 8.31. The molecule has 0 spiro atoms. The Morgan fingerprint density at radius 3 is 2.79 bits per heavy atom. The van der Waals surface area contributed by atoms with E-state index in [0.29, 0.717) is 24.6 Å². The Labute approximate surface area is 149 Å². The molecule has 1 saturated heterocycles. The van der Waals surface area contributed by atoms with Gasteiger partial charge in [0, 0.05) is 25.3 Å². The summed E-state index contributed by atoms with van der Waals surface area (Å²) >= 11 is 0. The average Bonchev–Trinajstić information content (AvgIpc) is 3.03. The summed E-state index contributed by atoms with van der Waals surface area (Å²) in [6, 6.07) is 10.3. The highest BCUT2D eigenvalue weighted by Crippen LogP contribution is 2.23. The number of hydrogen-bond donors (Lipinski definition) is 1. The predicted octanol–water partition coefficient (Wildman–Crippen LogP) is 2.55. The molecular weight excluding hydrogens is 324 g/mol. The molecule has 2 heterocycles. The van der Waals surface area contributed by atoms with E-state index in [0.717, 1.165) is 19.4 Å². The van der Waals surface area contributed by atoms with Gasteiger partial charge in [-0.1, -0.05) is 37.3 Å². The Morgan fingerprint density at radius 2 is 2.08 bits per heavy atom. The van der Waals surface area contributed by atoms with Gasteiger partial charge in [-0.15, -0.1) is 12.4 Å². The summed E-state index contributed by atoms with van der Waals surface area (Å²) in [6.07, 6.45) is 5.53. The number of nitrogens with two attached hydrogens (primary N) is 1. The summed E-state index contributed by atoms with van der Waals surface area (Å²) in [7, 11) is 0. The highest BCUT2D eigenvalue weighted by molar-refractivity contribution is 5.94. The van der Waals surface area contributed by atoms with E-state index in [1.807, 2.05) is 34.0 Å². The van der Waals surface area contributed by atoms with Crippen molar-refractivity contribution in [1.29, 1.82) is 0 Å². The fourth-order valence-electron chi connectivity index (χ4n) is 3.24. The summed E-state index contributed by atoms with van der Waals surface area (Å²) in [5.41, 5.74) is 7.68. The molecule has 1 aliphatic rings. The Bertz CT molecular complexity index is 658. The lowest BCUT2D eigenvalue weighted by molar-refractivity contribution is 0.0573. The highest BCUT2D eigenvalue weighted by Gasteiger charge is 2.30. The van der Waals surface area contributed by atoms with Crippen LogP contribution in [0.1, 0.15) is 35.7 Å². The first-order valence-electron chi connectivity index (χ1n) is 8.24. The molecule has 0 aliphatic carbocycles. The molecule has 3 rings (SSSR count). The van der Waals surface area contributed by atoms with E-state index < -0.39 is 0 Å². The topological polar surface area (TPSA) is 64.2 Å². The predicted molar refractivity (Wildman–Crippen MR) is 97.3 cm³/mol. The molecule has 2 aromatic rings. The number of halogens is 1. The quantitative estimate of drug-likeness (QED) is 0.923. The van der Waals surface area contributed by atoms with Gasteiger partial charge in [0.2, 0.25) is 0 Å². The maximum atomic E-state index is 12.8. The smallest absolute Gasteiger partial charge is 0.257 e. The summed E-state index contributed by atoms with van der Waals surface area (Å²) in [6.45, 7) is 4.20. The molecule has 1 aromatic heterocycles. The van der Waals surface area contributed by atoms with Crippen LogP contribution in [-0.2, 0) is 6.54 Å². The summed E-state index contributed by atoms with van der Waals surface area (Å²) in [4.78, 5) is 14.7. The maximum Gasteiger partial charge on any atom is 0.257 e. The number of aromatic nitrogens is 2. The number of amides is 1. The van der Waals surface area contributed by atoms with Crippen LogP contribution in [0, 0.1) is 5.92 Å². The van der Waals surface area contributed by atoms with Crippen LogP contribution >= 0.6 is 12.4 Å². The first kappa shape index (κ1) is 18.5. The molecular formula is C18H25ClN4O. The third kappa shape index (κ3) is 4.16. The number of carbonyl (C=O) groups excluding carboxylic acids is 1. The summed E-state index contributed by atoms with van der Waals surface area (Å²) in [5, 5.41) is 4.33. The van der Waals surface area contributed by atoms with Crippen LogP contribution < -0.4 is 5.73 Å². The molecule has 1 fully saturated rings. The van der Waals surface area contributed by atoms with Gasteiger partial charge in [0.25, 0.3) is 5.91 Å². The van der Waals surface area contributed by atoms with Crippen LogP contribution in [0.15, 0.2) is 42.7 Å². The molecule has 0 saturated carbocycles. The zero-order chi connectivity index (χ0) is 16.2. The van der Waals surface area contributed by atoms with Gasteiger partial charge in [0.15, 0.2) is 0 Å². The fraction of sp³-hybridized carbons (Fsp3) is 0.444. The van der Waals surface area contributed by atoms with E-state index in [9.17, 15) is 4.79 Å². The first-order valence-corrected chi connectivity index (χ1v) is 8.24. The van der Waals surface area contributed by atoms with Crippen molar-refractivity contribution in [3.8, 4) is 0 Å². The van der Waals surface area contributed by atoms with Gasteiger partial charge >= 0.3 is 0 Å². The molecule has 2 N–H and O–H groups in total. The monoisotopic (exact) mass is 348 g/mol. The van der Waals surface area contributed by atoms with Gasteiger partial charge in [-0.2, -0.15) is 5.10 Å². The molecule has 1 amide bonds. The highest BCUT2D eigenvalue weighted by atomic mass is 35.5. The lowest BCUT2D eigenvalue weighted by Gasteiger charge is -2.37. The molecule has 0 bridgehead atoms. The number of hydrogen-bond acceptors (Lipinski definition) is 3. The summed E-state index contributed by atoms with van der Waals surface area (Å²) in [5.74, 6) is 0.681. The maximum absolute atomic E-state index is 12.8. The number of nitrogens with zero attached hydrogens (tertiary/aromatic N) is 3. The molecule has 2 atom stereocenters. The Morgan fingerprint density at radius 1 is 1.33 bits per heavy atom. The minimum atomic E-state index is 0. The first-order chi connectivity index (χ1) is 11.2. The minimum absolute atomic E-state index is 0. The van der Waals surface area contributed by atoms with Gasteiger partial charge in [-0.3, -0.25) is 9.48 Å². The van der Waals surface area contributed by atoms with E-state index >= 15 is 0 Å². The molecule has 0 radical (unpaired) electrons. The zero-order valence-corrected chi connectivity index (χ0v) is 14.8. The van der Waals surface area contributed by atoms with Crippen molar-refractivity contribution >= 4 is 18.3 Å². The van der Waals surface area contributed by atoms with Crippen molar-refractivity contribution in [3.05, 3.63) is 53.9 Å². The summed E-state index contributed by atoms with van der Waals surface area (Å²) < 4.78 is 1.81. The second-order valence-corrected chi connectivity index (χ2v) is 6.43. The Hall–Kier alpha value is -1.85. The van der Waals surface area contributed by atoms with Crippen molar-refractivity contribution in [2.45, 2.75) is 32.4 Å². The molecule has 1 aliphatic heterocycles. The van der Waals surface area contributed by atoms with Crippen LogP contribution in [0.3, 0.4) is 0 Å². The number of rotatable bonds is 4. The molecule has 5 nitrogen and oxygen atoms in total. The van der Waals surface area contributed by atoms with E-state index in [-0.39, 0.29) is 24.4 Å². The SMILES string of the molecule is CC1CCN(C(=O)c2cnn(Cc3ccccc3)c2)C(CN)C1.Cl. The van der Waals surface area contributed by atoms with Gasteiger partial charge in [0.05, 0.1) is 18.3 Å². The lowest BCUT2D eigenvalue weighted by atomic mass is 9.92. The van der Waals surface area contributed by atoms with E-state index in [1.165, 1.54) is 5.56 Å². The molecule has 1 aromatic carbocycles. The van der Waals surface area contributed by atoms with Crippen molar-refractivity contribution in [2.24, 2.45) is 11.7 Å². The van der Waals surface area contributed by atoms with Crippen molar-refractivity contribution in [1.82, 2.24) is 14.7 Å². The number of benzene rings is 1. The normalized spacial score (nSPS) is 20.5. The fourth-order valence-corrected chi connectivity index (χ4v) is 3.24. The third-order valence-electron chi connectivity index (χ3n) is 4.58. The zero-order valence-electron chi connectivity index (χ0n) is 14.0. The van der Waals surface area contributed by atoms with Crippen molar-refractivity contribution in [2.75, 3.05) is 13.1 Å². The standard InChI is InChI=1S/C18H24N4O.ClH/c1-14-7-8-22(17(9-14)10-19)18(23)16-11-20-21(13-16)12-15-5-3-2-4-6-15;/h2-6,11,13-14,17H,7-10,12,19H2,1H3;1H. The van der Waals surface area contributed by atoms with Crippen LogP contribution in [0.2, 0.25) is 0 Å². The molecule has 2 unspecified atom stereocenters. The minimum Gasteiger partial charge on any atom is -0.334 e. The lowest BCUT2D eigenvalue weighted by Crippen LogP contribution is -2.49. The molecule has 6 heteroatoms. The van der Waals surface area contributed by atoms with E-state index in [1.54, 1.807) is 6.20 Å². The number of carbonyl (C=O) groups is 1. The van der Waals surface area contributed by atoms with Gasteiger partial charge in [-0.05, 0) is 24.3 Å². The van der Waals surface area contributed by atoms with Gasteiger partial charge in [0.1, 0.15) is 0 Å².